The molecule has 7 nitrogen and oxygen atoms in total. The van der Waals surface area contributed by atoms with Crippen molar-refractivity contribution in [2.75, 3.05) is 17.2 Å². The Kier molecular flexibility index (Phi) is 6.06. The van der Waals surface area contributed by atoms with Gasteiger partial charge in [0.2, 0.25) is 15.9 Å². The number of primary sulfonamides is 1. The summed E-state index contributed by atoms with van der Waals surface area (Å²) in [6.07, 6.45) is -3.35. The van der Waals surface area contributed by atoms with Gasteiger partial charge in [0.25, 0.3) is 0 Å². The predicted octanol–water partition coefficient (Wildman–Crippen LogP) is 2.50. The molecule has 146 valence electrons. The lowest BCUT2D eigenvalue weighted by atomic mass is 10.1. The van der Waals surface area contributed by atoms with E-state index >= 15 is 0 Å². The first-order chi connectivity index (χ1) is 12.5. The van der Waals surface area contributed by atoms with Crippen molar-refractivity contribution in [3.05, 3.63) is 47.7 Å². The number of nitrogens with one attached hydrogen (secondary N) is 2. The Morgan fingerprint density at radius 1 is 1.22 bits per heavy atom. The summed E-state index contributed by atoms with van der Waals surface area (Å²) in [6.45, 7) is 1.73. The summed E-state index contributed by atoms with van der Waals surface area (Å²) in [6, 6.07) is 5.73. The van der Waals surface area contributed by atoms with Crippen LogP contribution in [0.25, 0.3) is 0 Å². The lowest BCUT2D eigenvalue weighted by molar-refractivity contribution is -0.137. The van der Waals surface area contributed by atoms with Crippen LogP contribution >= 0.6 is 0 Å². The number of alkyl halides is 3. The number of aryl methyl sites for hydroxylation is 1. The maximum absolute atomic E-state index is 13.2. The monoisotopic (exact) mass is 402 g/mol. The van der Waals surface area contributed by atoms with Crippen molar-refractivity contribution in [1.82, 2.24) is 4.98 Å². The van der Waals surface area contributed by atoms with Gasteiger partial charge in [-0.15, -0.1) is 0 Å². The van der Waals surface area contributed by atoms with Gasteiger partial charge >= 0.3 is 6.18 Å². The fourth-order valence-corrected chi connectivity index (χ4v) is 2.69. The second-order valence-electron chi connectivity index (χ2n) is 5.70. The number of carbonyl (C=O) groups excluding carboxylic acids is 1. The first kappa shape index (κ1) is 20.6. The molecule has 0 fully saturated rings. The van der Waals surface area contributed by atoms with Crippen LogP contribution < -0.4 is 15.8 Å². The molecular weight excluding hydrogens is 385 g/mol. The Morgan fingerprint density at radius 2 is 1.93 bits per heavy atom. The van der Waals surface area contributed by atoms with Crippen LogP contribution in [0, 0.1) is 6.92 Å². The zero-order chi connectivity index (χ0) is 20.2. The second-order valence-corrected chi connectivity index (χ2v) is 7.26. The standard InChI is InChI=1S/C16H17F3N4O3S/c1-10-2-5-14(22-9-10)23-15(24)6-7-21-13-4-3-11(27(20,25)26)8-12(13)16(17,18)19/h2-5,8-9,21H,6-7H2,1H3,(H2,20,25,26)(H,22,23,24). The molecule has 0 radical (unpaired) electrons. The maximum atomic E-state index is 13.2. The summed E-state index contributed by atoms with van der Waals surface area (Å²) in [7, 11) is -4.27. The number of carbonyl (C=O) groups is 1. The zero-order valence-electron chi connectivity index (χ0n) is 14.2. The lowest BCUT2D eigenvalue weighted by Gasteiger charge is -2.15. The molecule has 0 aliphatic heterocycles. The quantitative estimate of drug-likeness (QED) is 0.687. The van der Waals surface area contributed by atoms with Crippen molar-refractivity contribution >= 4 is 27.4 Å². The molecule has 0 saturated carbocycles. The van der Waals surface area contributed by atoms with E-state index in [-0.39, 0.29) is 18.7 Å². The Labute approximate surface area is 153 Å². The largest absolute Gasteiger partial charge is 0.418 e. The number of anilines is 2. The molecule has 0 atom stereocenters. The maximum Gasteiger partial charge on any atom is 0.418 e. The van der Waals surface area contributed by atoms with E-state index in [1.807, 2.05) is 6.92 Å². The van der Waals surface area contributed by atoms with Crippen molar-refractivity contribution in [1.29, 1.82) is 0 Å². The third kappa shape index (κ3) is 5.93. The Morgan fingerprint density at radius 3 is 2.48 bits per heavy atom. The highest BCUT2D eigenvalue weighted by molar-refractivity contribution is 7.89. The van der Waals surface area contributed by atoms with Gasteiger partial charge in [0.1, 0.15) is 5.82 Å². The Bertz CT molecular complexity index is 929. The number of nitrogens with two attached hydrogens (primary N) is 1. The highest BCUT2D eigenvalue weighted by Gasteiger charge is 2.34. The minimum atomic E-state index is -4.79. The van der Waals surface area contributed by atoms with E-state index in [9.17, 15) is 26.4 Å². The average molecular weight is 402 g/mol. The minimum absolute atomic E-state index is 0.102. The molecule has 0 spiro atoms. The van der Waals surface area contributed by atoms with Gasteiger partial charge in [-0.3, -0.25) is 4.79 Å². The van der Waals surface area contributed by atoms with Crippen LogP contribution in [0.15, 0.2) is 41.4 Å². The van der Waals surface area contributed by atoms with Crippen LogP contribution in [0.3, 0.4) is 0 Å². The number of sulfonamides is 1. The summed E-state index contributed by atoms with van der Waals surface area (Å²) in [5, 5.41) is 9.88. The van der Waals surface area contributed by atoms with Crippen LogP contribution in [-0.4, -0.2) is 25.9 Å². The fraction of sp³-hybridized carbons (Fsp3) is 0.250. The second kappa shape index (κ2) is 7.92. The van der Waals surface area contributed by atoms with Gasteiger partial charge in [-0.2, -0.15) is 13.2 Å². The number of hydrogen-bond acceptors (Lipinski definition) is 5. The zero-order valence-corrected chi connectivity index (χ0v) is 15.0. The summed E-state index contributed by atoms with van der Waals surface area (Å²) in [4.78, 5) is 15.2. The molecular formula is C16H17F3N4O3S. The van der Waals surface area contributed by atoms with Crippen molar-refractivity contribution < 1.29 is 26.4 Å². The molecule has 1 aromatic heterocycles. The van der Waals surface area contributed by atoms with Crippen LogP contribution in [0.4, 0.5) is 24.7 Å². The van der Waals surface area contributed by atoms with E-state index in [4.69, 9.17) is 5.14 Å². The van der Waals surface area contributed by atoms with E-state index < -0.39 is 32.6 Å². The van der Waals surface area contributed by atoms with Crippen LogP contribution in [0.5, 0.6) is 0 Å². The molecule has 1 heterocycles. The summed E-state index contributed by atoms with van der Waals surface area (Å²) in [5.74, 6) is -0.104. The number of pyridine rings is 1. The smallest absolute Gasteiger partial charge is 0.384 e. The van der Waals surface area contributed by atoms with Gasteiger partial charge < -0.3 is 10.6 Å². The summed E-state index contributed by atoms with van der Waals surface area (Å²) in [5.41, 5.74) is -0.622. The van der Waals surface area contributed by atoms with E-state index in [1.165, 1.54) is 0 Å². The molecule has 0 bridgehead atoms. The normalized spacial score (nSPS) is 11.9. The number of nitrogens with zero attached hydrogens (tertiary/aromatic N) is 1. The molecule has 2 rings (SSSR count). The Hall–Kier alpha value is -2.66. The molecule has 1 amide bonds. The van der Waals surface area contributed by atoms with Gasteiger partial charge in [0, 0.05) is 24.8 Å². The van der Waals surface area contributed by atoms with Crippen molar-refractivity contribution in [3.8, 4) is 0 Å². The molecule has 2 aromatic rings. The Balaban J connectivity index is 2.04. The topological polar surface area (TPSA) is 114 Å². The van der Waals surface area contributed by atoms with E-state index in [0.717, 1.165) is 17.7 Å². The number of aromatic nitrogens is 1. The molecule has 11 heteroatoms. The third-order valence-corrected chi connectivity index (χ3v) is 4.38. The van der Waals surface area contributed by atoms with Crippen molar-refractivity contribution in [2.45, 2.75) is 24.4 Å². The predicted molar refractivity (Wildman–Crippen MR) is 93.5 cm³/mol. The first-order valence-electron chi connectivity index (χ1n) is 7.67. The van der Waals surface area contributed by atoms with Gasteiger partial charge in [0.15, 0.2) is 0 Å². The summed E-state index contributed by atoms with van der Waals surface area (Å²) < 4.78 is 62.0. The van der Waals surface area contributed by atoms with Gasteiger partial charge in [0.05, 0.1) is 10.5 Å². The van der Waals surface area contributed by atoms with Crippen LogP contribution in [-0.2, 0) is 21.0 Å². The SMILES string of the molecule is Cc1ccc(NC(=O)CCNc2ccc(S(N)(=O)=O)cc2C(F)(F)F)nc1. The molecule has 0 aliphatic carbocycles. The molecule has 0 aliphatic rings. The van der Waals surface area contributed by atoms with Gasteiger partial charge in [-0.25, -0.2) is 18.5 Å². The highest BCUT2D eigenvalue weighted by atomic mass is 32.2. The third-order valence-electron chi connectivity index (χ3n) is 3.47. The fourth-order valence-electron chi connectivity index (χ4n) is 2.15. The number of amides is 1. The summed E-state index contributed by atoms with van der Waals surface area (Å²) >= 11 is 0. The van der Waals surface area contributed by atoms with Crippen LogP contribution in [0.2, 0.25) is 0 Å². The van der Waals surface area contributed by atoms with Crippen molar-refractivity contribution in [3.63, 3.8) is 0 Å². The minimum Gasteiger partial charge on any atom is -0.384 e. The average Bonchev–Trinajstić information content (AvgIpc) is 2.55. The molecule has 27 heavy (non-hydrogen) atoms. The van der Waals surface area contributed by atoms with Crippen molar-refractivity contribution in [2.24, 2.45) is 5.14 Å². The van der Waals surface area contributed by atoms with E-state index in [1.54, 1.807) is 18.3 Å². The molecule has 0 unspecified atom stereocenters. The lowest BCUT2D eigenvalue weighted by Crippen LogP contribution is -2.19. The molecule has 1 aromatic carbocycles. The molecule has 0 saturated heterocycles. The number of benzene rings is 1. The molecule has 4 N–H and O–H groups in total. The van der Waals surface area contributed by atoms with E-state index in [2.05, 4.69) is 15.6 Å². The first-order valence-corrected chi connectivity index (χ1v) is 9.22. The van der Waals surface area contributed by atoms with Gasteiger partial charge in [-0.05, 0) is 36.8 Å². The van der Waals surface area contributed by atoms with Gasteiger partial charge in [-0.1, -0.05) is 6.07 Å². The number of halogens is 3. The number of rotatable bonds is 6. The van der Waals surface area contributed by atoms with Crippen LogP contribution in [0.1, 0.15) is 17.5 Å². The highest BCUT2D eigenvalue weighted by Crippen LogP contribution is 2.36. The number of hydrogen-bond donors (Lipinski definition) is 3. The van der Waals surface area contributed by atoms with E-state index in [0.29, 0.717) is 11.9 Å².